The summed E-state index contributed by atoms with van der Waals surface area (Å²) in [6.45, 7) is 20.2. The van der Waals surface area contributed by atoms with Gasteiger partial charge in [0.15, 0.2) is 0 Å². The first-order valence-corrected chi connectivity index (χ1v) is 16.3. The highest BCUT2D eigenvalue weighted by Gasteiger charge is 2.22. The van der Waals surface area contributed by atoms with Crippen LogP contribution in [0.15, 0.2) is 115 Å². The summed E-state index contributed by atoms with van der Waals surface area (Å²) in [4.78, 5) is 2.28. The van der Waals surface area contributed by atoms with Crippen LogP contribution in [0.4, 0.5) is 28.4 Å². The van der Waals surface area contributed by atoms with Crippen molar-refractivity contribution in [3.8, 4) is 11.1 Å². The summed E-state index contributed by atoms with van der Waals surface area (Å²) < 4.78 is 0. The molecule has 5 aromatic carbocycles. The van der Waals surface area contributed by atoms with Gasteiger partial charge < -0.3 is 10.2 Å². The van der Waals surface area contributed by atoms with Crippen molar-refractivity contribution in [1.29, 1.82) is 0 Å². The maximum absolute atomic E-state index is 7.42. The van der Waals surface area contributed by atoms with Crippen molar-refractivity contribution < 1.29 is 0 Å². The number of benzene rings is 5. The predicted molar refractivity (Wildman–Crippen MR) is 197 cm³/mol. The number of halogens is 1. The molecule has 0 aliphatic carbocycles. The SMILES string of the molecule is CC(C)(C)c1ccc(Nc2cc(-c3ccccc3)cc(N(c3ccc(C(C)(C)C)cc3)c3ccc(C(C)(C)C)cc3)c2Cl)cc1. The Morgan fingerprint density at radius 3 is 1.33 bits per heavy atom. The molecule has 0 aliphatic heterocycles. The molecule has 5 aromatic rings. The molecular formula is C42H47ClN2. The van der Waals surface area contributed by atoms with Gasteiger partial charge in [-0.05, 0) is 92.6 Å². The third-order valence-corrected chi connectivity index (χ3v) is 8.81. The molecule has 0 atom stereocenters. The van der Waals surface area contributed by atoms with Crippen molar-refractivity contribution >= 4 is 40.0 Å². The number of hydrogen-bond acceptors (Lipinski definition) is 2. The van der Waals surface area contributed by atoms with Gasteiger partial charge in [0.05, 0.1) is 16.4 Å². The van der Waals surface area contributed by atoms with Crippen LogP contribution in [0.1, 0.15) is 79.0 Å². The maximum atomic E-state index is 7.42. The zero-order chi connectivity index (χ0) is 32.6. The van der Waals surface area contributed by atoms with E-state index in [-0.39, 0.29) is 16.2 Å². The van der Waals surface area contributed by atoms with Gasteiger partial charge in [0.25, 0.3) is 0 Å². The fraction of sp³-hybridized carbons (Fsp3) is 0.286. The molecule has 0 heterocycles. The van der Waals surface area contributed by atoms with Crippen molar-refractivity contribution in [3.63, 3.8) is 0 Å². The number of nitrogens with one attached hydrogen (secondary N) is 1. The number of rotatable bonds is 6. The highest BCUT2D eigenvalue weighted by Crippen LogP contribution is 2.46. The minimum Gasteiger partial charge on any atom is -0.354 e. The molecule has 0 saturated carbocycles. The molecule has 1 N–H and O–H groups in total. The van der Waals surface area contributed by atoms with Crippen molar-refractivity contribution in [2.75, 3.05) is 10.2 Å². The lowest BCUT2D eigenvalue weighted by Crippen LogP contribution is -2.15. The normalized spacial score (nSPS) is 12.2. The average Bonchev–Trinajstić information content (AvgIpc) is 2.99. The summed E-state index contributed by atoms with van der Waals surface area (Å²) in [5.74, 6) is 0. The molecule has 0 radical (unpaired) electrons. The van der Waals surface area contributed by atoms with Crippen LogP contribution in [0, 0.1) is 0 Å². The van der Waals surface area contributed by atoms with Crippen LogP contribution in [0.3, 0.4) is 0 Å². The van der Waals surface area contributed by atoms with Crippen LogP contribution in [0.5, 0.6) is 0 Å². The lowest BCUT2D eigenvalue weighted by Gasteiger charge is -2.30. The van der Waals surface area contributed by atoms with Gasteiger partial charge in [-0.15, -0.1) is 0 Å². The molecule has 0 amide bonds. The van der Waals surface area contributed by atoms with Gasteiger partial charge in [-0.2, -0.15) is 0 Å². The van der Waals surface area contributed by atoms with Crippen LogP contribution in [-0.4, -0.2) is 0 Å². The Morgan fingerprint density at radius 1 is 0.489 bits per heavy atom. The van der Waals surface area contributed by atoms with E-state index < -0.39 is 0 Å². The standard InChI is InChI=1S/C42H47ClN2/c1-40(2,3)31-15-21-34(22-16-31)44-37-27-30(29-13-11-10-12-14-29)28-38(39(37)43)45(35-23-17-32(18-24-35)41(4,5)6)36-25-19-33(20-26-36)42(7,8)9/h10-28,44H,1-9H3. The van der Waals surface area contributed by atoms with Crippen LogP contribution >= 0.6 is 11.6 Å². The van der Waals surface area contributed by atoms with Crippen molar-refractivity contribution in [1.82, 2.24) is 0 Å². The van der Waals surface area contributed by atoms with Gasteiger partial charge in [-0.1, -0.05) is 141 Å². The van der Waals surface area contributed by atoms with Crippen LogP contribution < -0.4 is 10.2 Å². The molecule has 2 nitrogen and oxygen atoms in total. The predicted octanol–water partition coefficient (Wildman–Crippen LogP) is 13.1. The Labute approximate surface area is 276 Å². The molecule has 5 rings (SSSR count). The van der Waals surface area contributed by atoms with Crippen LogP contribution in [0.2, 0.25) is 5.02 Å². The van der Waals surface area contributed by atoms with Crippen molar-refractivity contribution in [2.45, 2.75) is 78.6 Å². The molecule has 0 unspecified atom stereocenters. The van der Waals surface area contributed by atoms with Gasteiger partial charge in [0.1, 0.15) is 0 Å². The van der Waals surface area contributed by atoms with E-state index in [0.29, 0.717) is 5.02 Å². The minimum absolute atomic E-state index is 0.0578. The molecule has 0 bridgehead atoms. The third kappa shape index (κ3) is 7.45. The summed E-state index contributed by atoms with van der Waals surface area (Å²) in [5, 5.41) is 4.32. The molecule has 0 fully saturated rings. The lowest BCUT2D eigenvalue weighted by molar-refractivity contribution is 0.590. The van der Waals surface area contributed by atoms with E-state index in [1.165, 1.54) is 16.7 Å². The van der Waals surface area contributed by atoms with Crippen LogP contribution in [-0.2, 0) is 16.2 Å². The van der Waals surface area contributed by atoms with Gasteiger partial charge in [0, 0.05) is 17.1 Å². The average molecular weight is 615 g/mol. The minimum atomic E-state index is 0.0578. The van der Waals surface area contributed by atoms with Crippen LogP contribution in [0.25, 0.3) is 11.1 Å². The molecule has 45 heavy (non-hydrogen) atoms. The van der Waals surface area contributed by atoms with Crippen molar-refractivity contribution in [2.24, 2.45) is 0 Å². The Hall–Kier alpha value is -4.01. The molecule has 0 aromatic heterocycles. The lowest BCUT2D eigenvalue weighted by atomic mass is 9.86. The fourth-order valence-electron chi connectivity index (χ4n) is 5.52. The second kappa shape index (κ2) is 12.4. The molecule has 3 heteroatoms. The maximum Gasteiger partial charge on any atom is 0.0881 e. The first-order chi connectivity index (χ1) is 21.1. The fourth-order valence-corrected chi connectivity index (χ4v) is 5.76. The van der Waals surface area contributed by atoms with E-state index in [9.17, 15) is 0 Å². The summed E-state index contributed by atoms with van der Waals surface area (Å²) in [7, 11) is 0. The summed E-state index contributed by atoms with van der Waals surface area (Å²) in [6.07, 6.45) is 0. The zero-order valence-corrected chi connectivity index (χ0v) is 29.1. The number of nitrogens with zero attached hydrogens (tertiary/aromatic N) is 1. The van der Waals surface area contributed by atoms with E-state index in [0.717, 1.165) is 39.6 Å². The van der Waals surface area contributed by atoms with Gasteiger partial charge in [-0.3, -0.25) is 0 Å². The van der Waals surface area contributed by atoms with E-state index in [4.69, 9.17) is 11.6 Å². The highest BCUT2D eigenvalue weighted by atomic mass is 35.5. The number of anilines is 5. The molecule has 0 aliphatic rings. The Kier molecular flexibility index (Phi) is 8.93. The molecular weight excluding hydrogens is 568 g/mol. The van der Waals surface area contributed by atoms with Gasteiger partial charge in [0.2, 0.25) is 0 Å². The summed E-state index contributed by atoms with van der Waals surface area (Å²) in [5.41, 5.74) is 11.2. The molecule has 0 saturated heterocycles. The molecule has 0 spiro atoms. The van der Waals surface area contributed by atoms with Crippen molar-refractivity contribution in [3.05, 3.63) is 137 Å². The van der Waals surface area contributed by atoms with E-state index in [1.54, 1.807) is 0 Å². The largest absolute Gasteiger partial charge is 0.354 e. The monoisotopic (exact) mass is 614 g/mol. The third-order valence-electron chi connectivity index (χ3n) is 8.41. The van der Waals surface area contributed by atoms with E-state index >= 15 is 0 Å². The highest BCUT2D eigenvalue weighted by molar-refractivity contribution is 6.36. The first-order valence-electron chi connectivity index (χ1n) is 15.9. The Balaban J connectivity index is 1.69. The van der Waals surface area contributed by atoms with Gasteiger partial charge in [-0.25, -0.2) is 0 Å². The zero-order valence-electron chi connectivity index (χ0n) is 28.3. The Bertz CT molecular complexity index is 1670. The molecule has 232 valence electrons. The second-order valence-corrected chi connectivity index (χ2v) is 15.5. The first kappa shape index (κ1) is 32.4. The smallest absolute Gasteiger partial charge is 0.0881 e. The topological polar surface area (TPSA) is 15.3 Å². The summed E-state index contributed by atoms with van der Waals surface area (Å²) >= 11 is 7.42. The quantitative estimate of drug-likeness (QED) is 0.205. The second-order valence-electron chi connectivity index (χ2n) is 15.1. The van der Waals surface area contributed by atoms with E-state index in [1.807, 2.05) is 0 Å². The Morgan fingerprint density at radius 2 is 0.911 bits per heavy atom. The number of hydrogen-bond donors (Lipinski definition) is 1. The summed E-state index contributed by atoms with van der Waals surface area (Å²) in [6, 6.07) is 41.3. The van der Waals surface area contributed by atoms with Gasteiger partial charge >= 0.3 is 0 Å². The van der Waals surface area contributed by atoms with E-state index in [2.05, 4.69) is 188 Å².